The number of hydrogen-bond acceptors (Lipinski definition) is 5. The number of fused-ring (bicyclic) bond motifs is 2. The SMILES string of the molecule is O=C(O)CCCCc1nc2cc(C(=O)N[C@H]3COc4ccccc43)ccc2nc1-c1ccc(Cl)cc1. The van der Waals surface area contributed by atoms with Gasteiger partial charge in [-0.05, 0) is 55.7 Å². The summed E-state index contributed by atoms with van der Waals surface area (Å²) in [6, 6.07) is 20.1. The average molecular weight is 502 g/mol. The number of para-hydroxylation sites is 1. The van der Waals surface area contributed by atoms with E-state index in [0.29, 0.717) is 47.5 Å². The van der Waals surface area contributed by atoms with E-state index in [0.717, 1.165) is 28.3 Å². The number of carboxylic acids is 1. The lowest BCUT2D eigenvalue weighted by atomic mass is 10.0. The Kier molecular flexibility index (Phi) is 6.82. The van der Waals surface area contributed by atoms with E-state index in [2.05, 4.69) is 5.32 Å². The molecule has 0 bridgehead atoms. The van der Waals surface area contributed by atoms with Crippen LogP contribution in [-0.4, -0.2) is 33.6 Å². The largest absolute Gasteiger partial charge is 0.491 e. The molecule has 182 valence electrons. The second-order valence-corrected chi connectivity index (χ2v) is 9.14. The van der Waals surface area contributed by atoms with Crippen LogP contribution in [0.25, 0.3) is 22.3 Å². The maximum absolute atomic E-state index is 13.1. The molecule has 2 heterocycles. The predicted octanol–water partition coefficient (Wildman–Crippen LogP) is 5.61. The van der Waals surface area contributed by atoms with Gasteiger partial charge >= 0.3 is 5.97 Å². The minimum atomic E-state index is -0.816. The number of benzene rings is 3. The maximum atomic E-state index is 13.1. The smallest absolute Gasteiger partial charge is 0.303 e. The number of carboxylic acid groups (broad SMARTS) is 1. The summed E-state index contributed by atoms with van der Waals surface area (Å²) in [4.78, 5) is 33.7. The van der Waals surface area contributed by atoms with Gasteiger partial charge in [0.05, 0.1) is 28.5 Å². The van der Waals surface area contributed by atoms with Gasteiger partial charge in [0.25, 0.3) is 5.91 Å². The molecule has 5 rings (SSSR count). The topological polar surface area (TPSA) is 101 Å². The van der Waals surface area contributed by atoms with E-state index in [9.17, 15) is 9.59 Å². The van der Waals surface area contributed by atoms with Crippen LogP contribution in [-0.2, 0) is 11.2 Å². The first-order chi connectivity index (χ1) is 17.5. The lowest BCUT2D eigenvalue weighted by Gasteiger charge is -2.13. The molecule has 0 saturated carbocycles. The van der Waals surface area contributed by atoms with Crippen molar-refractivity contribution in [1.82, 2.24) is 15.3 Å². The van der Waals surface area contributed by atoms with Crippen LogP contribution in [0.2, 0.25) is 5.02 Å². The summed E-state index contributed by atoms with van der Waals surface area (Å²) in [6.45, 7) is 0.392. The number of nitrogens with zero attached hydrogens (tertiary/aromatic N) is 2. The van der Waals surface area contributed by atoms with E-state index < -0.39 is 5.97 Å². The molecule has 0 spiro atoms. The Balaban J connectivity index is 1.43. The van der Waals surface area contributed by atoms with Crippen molar-refractivity contribution in [2.45, 2.75) is 31.7 Å². The first-order valence-electron chi connectivity index (χ1n) is 11.8. The second kappa shape index (κ2) is 10.3. The van der Waals surface area contributed by atoms with Gasteiger partial charge in [0.2, 0.25) is 0 Å². The third kappa shape index (κ3) is 5.16. The van der Waals surface area contributed by atoms with Crippen LogP contribution >= 0.6 is 11.6 Å². The maximum Gasteiger partial charge on any atom is 0.303 e. The number of nitrogens with one attached hydrogen (secondary N) is 1. The van der Waals surface area contributed by atoms with E-state index in [1.54, 1.807) is 30.3 Å². The quantitative estimate of drug-likeness (QED) is 0.304. The summed E-state index contributed by atoms with van der Waals surface area (Å²) in [5, 5.41) is 12.6. The Morgan fingerprint density at radius 1 is 1.00 bits per heavy atom. The Hall–Kier alpha value is -3.97. The van der Waals surface area contributed by atoms with Gasteiger partial charge in [-0.1, -0.05) is 41.9 Å². The third-order valence-electron chi connectivity index (χ3n) is 6.18. The van der Waals surface area contributed by atoms with Gasteiger partial charge in [0.15, 0.2) is 0 Å². The minimum absolute atomic E-state index is 0.107. The molecule has 2 N–H and O–H groups in total. The zero-order valence-corrected chi connectivity index (χ0v) is 20.2. The van der Waals surface area contributed by atoms with Crippen LogP contribution in [0, 0.1) is 0 Å². The molecule has 0 radical (unpaired) electrons. The molecule has 1 aliphatic heterocycles. The molecule has 1 atom stereocenters. The molecule has 8 heteroatoms. The van der Waals surface area contributed by atoms with E-state index >= 15 is 0 Å². The molecular weight excluding hydrogens is 478 g/mol. The van der Waals surface area contributed by atoms with Crippen LogP contribution in [0.3, 0.4) is 0 Å². The fourth-order valence-corrected chi connectivity index (χ4v) is 4.46. The van der Waals surface area contributed by atoms with Crippen molar-refractivity contribution in [3.8, 4) is 17.0 Å². The molecule has 1 aliphatic rings. The normalized spacial score (nSPS) is 14.3. The highest BCUT2D eigenvalue weighted by atomic mass is 35.5. The highest BCUT2D eigenvalue weighted by Gasteiger charge is 2.25. The molecule has 0 saturated heterocycles. The van der Waals surface area contributed by atoms with Crippen molar-refractivity contribution in [3.05, 3.63) is 88.6 Å². The third-order valence-corrected chi connectivity index (χ3v) is 6.43. The monoisotopic (exact) mass is 501 g/mol. The molecule has 0 unspecified atom stereocenters. The van der Waals surface area contributed by atoms with Crippen LogP contribution in [0.1, 0.15) is 46.9 Å². The zero-order chi connectivity index (χ0) is 25.1. The molecule has 1 aromatic heterocycles. The van der Waals surface area contributed by atoms with E-state index in [4.69, 9.17) is 31.4 Å². The Morgan fingerprint density at radius 2 is 1.81 bits per heavy atom. The summed E-state index contributed by atoms with van der Waals surface area (Å²) in [5.74, 6) is -0.244. The average Bonchev–Trinajstić information content (AvgIpc) is 3.29. The number of halogens is 1. The minimum Gasteiger partial charge on any atom is -0.491 e. The summed E-state index contributed by atoms with van der Waals surface area (Å²) < 4.78 is 5.68. The summed E-state index contributed by atoms with van der Waals surface area (Å²) in [6.07, 6.45) is 1.88. The van der Waals surface area contributed by atoms with Gasteiger partial charge in [-0.25, -0.2) is 9.97 Å². The lowest BCUT2D eigenvalue weighted by Crippen LogP contribution is -2.29. The first kappa shape index (κ1) is 23.8. The number of carbonyl (C=O) groups is 2. The Bertz CT molecular complexity index is 1440. The molecule has 36 heavy (non-hydrogen) atoms. The fourth-order valence-electron chi connectivity index (χ4n) is 4.34. The molecule has 4 aromatic rings. The standard InChI is InChI=1S/C28H24ClN3O4/c29-19-12-9-17(10-13-19)27-22(6-2-4-8-26(33)34)30-23-15-18(11-14-21(23)31-27)28(35)32-24-16-36-25-7-3-1-5-20(24)25/h1,3,5,7,9-15,24H,2,4,6,8,16H2,(H,32,35)(H,33,34)/t24-/m0/s1. The van der Waals surface area contributed by atoms with Crippen molar-refractivity contribution in [2.24, 2.45) is 0 Å². The molecule has 0 aliphatic carbocycles. The highest BCUT2D eigenvalue weighted by molar-refractivity contribution is 6.30. The van der Waals surface area contributed by atoms with Crippen LogP contribution in [0.15, 0.2) is 66.7 Å². The molecule has 7 nitrogen and oxygen atoms in total. The van der Waals surface area contributed by atoms with Crippen molar-refractivity contribution < 1.29 is 19.4 Å². The number of aliphatic carboxylic acids is 1. The van der Waals surface area contributed by atoms with Crippen molar-refractivity contribution in [2.75, 3.05) is 6.61 Å². The van der Waals surface area contributed by atoms with Gasteiger partial charge in [0.1, 0.15) is 12.4 Å². The summed E-state index contributed by atoms with van der Waals surface area (Å²) in [7, 11) is 0. The van der Waals surface area contributed by atoms with Crippen molar-refractivity contribution in [1.29, 1.82) is 0 Å². The number of aromatic nitrogens is 2. The van der Waals surface area contributed by atoms with Crippen molar-refractivity contribution in [3.63, 3.8) is 0 Å². The predicted molar refractivity (Wildman–Crippen MR) is 137 cm³/mol. The number of aryl methyl sites for hydroxylation is 1. The molecular formula is C28H24ClN3O4. The van der Waals surface area contributed by atoms with Crippen LogP contribution in [0.5, 0.6) is 5.75 Å². The van der Waals surface area contributed by atoms with Crippen molar-refractivity contribution >= 4 is 34.5 Å². The van der Waals surface area contributed by atoms with Gasteiger partial charge < -0.3 is 15.2 Å². The molecule has 3 aromatic carbocycles. The van der Waals surface area contributed by atoms with E-state index in [1.165, 1.54) is 0 Å². The second-order valence-electron chi connectivity index (χ2n) is 8.71. The number of amides is 1. The summed E-state index contributed by atoms with van der Waals surface area (Å²) >= 11 is 6.06. The summed E-state index contributed by atoms with van der Waals surface area (Å²) in [5.41, 5.74) is 5.08. The number of ether oxygens (including phenoxy) is 1. The number of unbranched alkanes of at least 4 members (excludes halogenated alkanes) is 1. The van der Waals surface area contributed by atoms with Crippen LogP contribution < -0.4 is 10.1 Å². The zero-order valence-electron chi connectivity index (χ0n) is 19.4. The number of rotatable bonds is 8. The number of hydrogen-bond donors (Lipinski definition) is 2. The Morgan fingerprint density at radius 3 is 2.61 bits per heavy atom. The van der Waals surface area contributed by atoms with Gasteiger partial charge in [-0.15, -0.1) is 0 Å². The highest BCUT2D eigenvalue weighted by Crippen LogP contribution is 2.32. The fraction of sp³-hybridized carbons (Fsp3) is 0.214. The number of carbonyl (C=O) groups excluding carboxylic acids is 1. The molecule has 1 amide bonds. The lowest BCUT2D eigenvalue weighted by molar-refractivity contribution is -0.137. The first-order valence-corrected chi connectivity index (χ1v) is 12.2. The molecule has 0 fully saturated rings. The van der Waals surface area contributed by atoms with Gasteiger partial charge in [0, 0.05) is 28.1 Å². The van der Waals surface area contributed by atoms with Crippen LogP contribution in [0.4, 0.5) is 0 Å². The Labute approximate surface area is 213 Å². The van der Waals surface area contributed by atoms with E-state index in [1.807, 2.05) is 36.4 Å². The van der Waals surface area contributed by atoms with Gasteiger partial charge in [-0.2, -0.15) is 0 Å². The van der Waals surface area contributed by atoms with E-state index in [-0.39, 0.29) is 18.4 Å². The van der Waals surface area contributed by atoms with Gasteiger partial charge in [-0.3, -0.25) is 9.59 Å².